The van der Waals surface area contributed by atoms with Gasteiger partial charge < -0.3 is 16.4 Å². The summed E-state index contributed by atoms with van der Waals surface area (Å²) in [6.45, 7) is 2.26. The molecule has 0 saturated heterocycles. The van der Waals surface area contributed by atoms with E-state index in [1.807, 2.05) is 72.8 Å². The Morgan fingerprint density at radius 3 is 2.23 bits per heavy atom. The number of hydrogen-bond acceptors (Lipinski definition) is 5. The van der Waals surface area contributed by atoms with Crippen LogP contribution in [0, 0.1) is 0 Å². The lowest BCUT2D eigenvalue weighted by Gasteiger charge is -2.33. The number of hydrogen-bond donors (Lipinski definition) is 2. The van der Waals surface area contributed by atoms with E-state index in [1.54, 1.807) is 6.92 Å². The van der Waals surface area contributed by atoms with Crippen molar-refractivity contribution in [1.29, 1.82) is 0 Å². The number of anilines is 1. The SMILES string of the molecule is CC(N)C(=O)C1N=C(c2ccccc2)c2ccccc2N(Cc2ccccc2)C1N. The van der Waals surface area contributed by atoms with Gasteiger partial charge in [-0.2, -0.15) is 0 Å². The molecule has 1 aliphatic heterocycles. The first-order valence-electron chi connectivity index (χ1n) is 10.1. The van der Waals surface area contributed by atoms with Gasteiger partial charge >= 0.3 is 0 Å². The third kappa shape index (κ3) is 3.90. The van der Waals surface area contributed by atoms with Crippen molar-refractivity contribution in [3.8, 4) is 0 Å². The number of nitrogens with zero attached hydrogens (tertiary/aromatic N) is 2. The lowest BCUT2D eigenvalue weighted by molar-refractivity contribution is -0.121. The summed E-state index contributed by atoms with van der Waals surface area (Å²) < 4.78 is 0. The molecular weight excluding hydrogens is 372 g/mol. The van der Waals surface area contributed by atoms with Crippen LogP contribution in [0.5, 0.6) is 0 Å². The Morgan fingerprint density at radius 2 is 1.57 bits per heavy atom. The Labute approximate surface area is 177 Å². The summed E-state index contributed by atoms with van der Waals surface area (Å²) in [6, 6.07) is 26.6. The van der Waals surface area contributed by atoms with E-state index in [0.29, 0.717) is 6.54 Å². The molecule has 4 rings (SSSR count). The first-order valence-corrected chi connectivity index (χ1v) is 10.1. The van der Waals surface area contributed by atoms with Crippen LogP contribution in [0.4, 0.5) is 5.69 Å². The number of fused-ring (bicyclic) bond motifs is 1. The minimum atomic E-state index is -0.767. The van der Waals surface area contributed by atoms with Gasteiger partial charge in [-0.25, -0.2) is 0 Å². The highest BCUT2D eigenvalue weighted by Crippen LogP contribution is 2.31. The van der Waals surface area contributed by atoms with Gasteiger partial charge in [-0.3, -0.25) is 9.79 Å². The summed E-state index contributed by atoms with van der Waals surface area (Å²) in [7, 11) is 0. The van der Waals surface area contributed by atoms with E-state index in [2.05, 4.69) is 17.0 Å². The highest BCUT2D eigenvalue weighted by Gasteiger charge is 2.36. The number of carbonyl (C=O) groups excluding carboxylic acids is 1. The van der Waals surface area contributed by atoms with Crippen LogP contribution in [0.2, 0.25) is 0 Å². The molecule has 30 heavy (non-hydrogen) atoms. The van der Waals surface area contributed by atoms with Crippen molar-refractivity contribution in [3.05, 3.63) is 102 Å². The van der Waals surface area contributed by atoms with Gasteiger partial charge in [0.05, 0.1) is 11.8 Å². The van der Waals surface area contributed by atoms with Crippen LogP contribution < -0.4 is 16.4 Å². The molecule has 3 aromatic carbocycles. The molecule has 5 nitrogen and oxygen atoms in total. The molecule has 1 aliphatic rings. The maximum Gasteiger partial charge on any atom is 0.177 e. The van der Waals surface area contributed by atoms with E-state index in [-0.39, 0.29) is 5.78 Å². The second kappa shape index (κ2) is 8.61. The zero-order valence-corrected chi connectivity index (χ0v) is 17.0. The number of benzodiazepines with no additional fused rings is 1. The summed E-state index contributed by atoms with van der Waals surface area (Å²) in [4.78, 5) is 20.0. The predicted octanol–water partition coefficient (Wildman–Crippen LogP) is 3.11. The molecule has 3 aromatic rings. The molecule has 0 amide bonds. The monoisotopic (exact) mass is 398 g/mol. The van der Waals surface area contributed by atoms with Crippen molar-refractivity contribution in [1.82, 2.24) is 0 Å². The van der Waals surface area contributed by atoms with Crippen LogP contribution in [0.15, 0.2) is 89.9 Å². The molecule has 5 heteroatoms. The lowest BCUT2D eigenvalue weighted by Crippen LogP contribution is -2.54. The number of benzene rings is 3. The predicted molar refractivity (Wildman–Crippen MR) is 122 cm³/mol. The smallest absolute Gasteiger partial charge is 0.177 e. The van der Waals surface area contributed by atoms with Gasteiger partial charge in [0, 0.05) is 23.4 Å². The van der Waals surface area contributed by atoms with E-state index in [0.717, 1.165) is 28.1 Å². The van der Waals surface area contributed by atoms with E-state index < -0.39 is 18.2 Å². The van der Waals surface area contributed by atoms with E-state index in [9.17, 15) is 4.79 Å². The molecule has 0 spiro atoms. The average Bonchev–Trinajstić information content (AvgIpc) is 2.90. The Morgan fingerprint density at radius 1 is 0.967 bits per heavy atom. The van der Waals surface area contributed by atoms with Gasteiger partial charge in [-0.15, -0.1) is 0 Å². The number of para-hydroxylation sites is 1. The number of nitrogens with two attached hydrogens (primary N) is 2. The van der Waals surface area contributed by atoms with Gasteiger partial charge in [0.2, 0.25) is 0 Å². The fourth-order valence-corrected chi connectivity index (χ4v) is 3.84. The number of rotatable bonds is 5. The number of ketones is 1. The van der Waals surface area contributed by atoms with Crippen molar-refractivity contribution < 1.29 is 4.79 Å². The highest BCUT2D eigenvalue weighted by atomic mass is 16.1. The fraction of sp³-hybridized carbons (Fsp3) is 0.200. The van der Waals surface area contributed by atoms with Crippen molar-refractivity contribution in [2.75, 3.05) is 4.90 Å². The van der Waals surface area contributed by atoms with Crippen LogP contribution in [-0.4, -0.2) is 29.7 Å². The van der Waals surface area contributed by atoms with Crippen LogP contribution in [-0.2, 0) is 11.3 Å². The number of carbonyl (C=O) groups is 1. The molecule has 0 aromatic heterocycles. The zero-order chi connectivity index (χ0) is 21.1. The van der Waals surface area contributed by atoms with Crippen molar-refractivity contribution in [2.45, 2.75) is 31.7 Å². The summed E-state index contributed by atoms with van der Waals surface area (Å²) >= 11 is 0. The Balaban J connectivity index is 1.89. The summed E-state index contributed by atoms with van der Waals surface area (Å²) in [5.74, 6) is -0.165. The fourth-order valence-electron chi connectivity index (χ4n) is 3.84. The summed E-state index contributed by atoms with van der Waals surface area (Å²) in [5.41, 5.74) is 17.4. The molecule has 0 saturated carbocycles. The van der Waals surface area contributed by atoms with Gasteiger partial charge in [0.25, 0.3) is 0 Å². The minimum Gasteiger partial charge on any atom is -0.349 e. The molecule has 1 heterocycles. The quantitative estimate of drug-likeness (QED) is 0.692. The number of aliphatic imine (C=N–C) groups is 1. The second-order valence-corrected chi connectivity index (χ2v) is 7.60. The minimum absolute atomic E-state index is 0.165. The molecule has 0 bridgehead atoms. The van der Waals surface area contributed by atoms with Crippen molar-refractivity contribution in [3.63, 3.8) is 0 Å². The third-order valence-corrected chi connectivity index (χ3v) is 5.40. The molecule has 0 fully saturated rings. The molecule has 0 radical (unpaired) electrons. The molecule has 3 unspecified atom stereocenters. The maximum absolute atomic E-state index is 13.0. The molecule has 0 aliphatic carbocycles. The second-order valence-electron chi connectivity index (χ2n) is 7.60. The maximum atomic E-state index is 13.0. The highest BCUT2D eigenvalue weighted by molar-refractivity contribution is 6.17. The average molecular weight is 399 g/mol. The van der Waals surface area contributed by atoms with Crippen LogP contribution >= 0.6 is 0 Å². The standard InChI is InChI=1S/C25H26N4O/c1-17(26)24(30)23-25(27)29(16-18-10-4-2-5-11-18)21-15-9-8-14-20(21)22(28-23)19-12-6-3-7-13-19/h2-15,17,23,25H,16,26-27H2,1H3. The van der Waals surface area contributed by atoms with Gasteiger partial charge in [0.1, 0.15) is 12.2 Å². The normalized spacial score (nSPS) is 19.4. The largest absolute Gasteiger partial charge is 0.349 e. The van der Waals surface area contributed by atoms with Crippen LogP contribution in [0.25, 0.3) is 0 Å². The molecule has 152 valence electrons. The summed E-state index contributed by atoms with van der Waals surface area (Å²) in [5, 5.41) is 0. The topological polar surface area (TPSA) is 84.7 Å². The van der Waals surface area contributed by atoms with E-state index in [4.69, 9.17) is 16.5 Å². The van der Waals surface area contributed by atoms with E-state index >= 15 is 0 Å². The van der Waals surface area contributed by atoms with Gasteiger partial charge in [-0.05, 0) is 18.6 Å². The van der Waals surface area contributed by atoms with Gasteiger partial charge in [0.15, 0.2) is 5.78 Å². The van der Waals surface area contributed by atoms with E-state index in [1.165, 1.54) is 0 Å². The molecule has 3 atom stereocenters. The lowest BCUT2D eigenvalue weighted by atomic mass is 10.00. The Kier molecular flexibility index (Phi) is 5.74. The van der Waals surface area contributed by atoms with Crippen molar-refractivity contribution >= 4 is 17.2 Å². The third-order valence-electron chi connectivity index (χ3n) is 5.40. The Bertz CT molecular complexity index is 1050. The summed E-state index contributed by atoms with van der Waals surface area (Å²) in [6.07, 6.45) is -0.633. The molecule has 4 N–H and O–H groups in total. The first-order chi connectivity index (χ1) is 14.6. The zero-order valence-electron chi connectivity index (χ0n) is 17.0. The number of Topliss-reactive ketones (excluding diaryl/α,β-unsaturated/α-hetero) is 1. The Hall–Kier alpha value is -3.28. The van der Waals surface area contributed by atoms with Crippen molar-refractivity contribution in [2.24, 2.45) is 16.5 Å². The van der Waals surface area contributed by atoms with Crippen LogP contribution in [0.1, 0.15) is 23.6 Å². The van der Waals surface area contributed by atoms with Gasteiger partial charge in [-0.1, -0.05) is 78.9 Å². The van der Waals surface area contributed by atoms with Crippen LogP contribution in [0.3, 0.4) is 0 Å². The first kappa shape index (κ1) is 20.0. The molecular formula is C25H26N4O.